The molecule has 3 nitrogen and oxygen atoms in total. The summed E-state index contributed by atoms with van der Waals surface area (Å²) in [6.07, 6.45) is 5.11. The normalized spacial score (nSPS) is 15.9. The standard InChI is InChI=1S/C69H52BN3/c1-39(2)42-29-32-57-54(35-42)70-55-38-51-48-23-12-13-26-53(48)69(3,4)66(51)64-52-34-43(40-16-8-9-17-40)30-31-56(52)73(68(55)64)61-37-45(36-60(67(61)70)71(57)44-19-6-5-7-20-44)72-58-27-15-25-50-47-22-11-10-21-46(47)49-24-14-18-41-28-33-59(72)65(62(41)49)63(50)58/h5-7,10-15,18-40H,8-9,16-17H2,1-4H3/i39D. The van der Waals surface area contributed by atoms with Gasteiger partial charge in [0.15, 0.2) is 0 Å². The van der Waals surface area contributed by atoms with Crippen LogP contribution in [0, 0.1) is 0 Å². The minimum atomic E-state index is -0.793. The van der Waals surface area contributed by atoms with Crippen LogP contribution in [0.2, 0.25) is 0 Å². The number of aromatic nitrogens is 2. The van der Waals surface area contributed by atoms with E-state index in [-0.39, 0.29) is 12.1 Å². The molecule has 12 aromatic rings. The predicted molar refractivity (Wildman–Crippen MR) is 309 cm³/mol. The number of hydrogen-bond donors (Lipinski definition) is 0. The first-order valence-electron chi connectivity index (χ1n) is 27.2. The van der Waals surface area contributed by atoms with Gasteiger partial charge in [-0.2, -0.15) is 0 Å². The Morgan fingerprint density at radius 1 is 0.521 bits per heavy atom. The third-order valence-corrected chi connectivity index (χ3v) is 18.4. The van der Waals surface area contributed by atoms with E-state index in [0.717, 1.165) is 16.9 Å². The van der Waals surface area contributed by atoms with E-state index in [1.54, 1.807) is 0 Å². The van der Waals surface area contributed by atoms with E-state index in [4.69, 9.17) is 0 Å². The van der Waals surface area contributed by atoms with Crippen LogP contribution in [0.3, 0.4) is 0 Å². The van der Waals surface area contributed by atoms with Crippen molar-refractivity contribution in [3.8, 4) is 44.8 Å². The number of fused-ring (bicyclic) bond motifs is 14. The highest BCUT2D eigenvalue weighted by Gasteiger charge is 2.47. The smallest absolute Gasteiger partial charge is 0.252 e. The molecule has 0 radical (unpaired) electrons. The molecule has 1 fully saturated rings. The predicted octanol–water partition coefficient (Wildman–Crippen LogP) is 16.4. The average Bonchev–Trinajstić information content (AvgIpc) is 4.30. The van der Waals surface area contributed by atoms with Crippen LogP contribution in [-0.2, 0) is 5.41 Å². The van der Waals surface area contributed by atoms with E-state index < -0.39 is 5.89 Å². The Labute approximate surface area is 427 Å². The molecule has 4 heterocycles. The van der Waals surface area contributed by atoms with Crippen molar-refractivity contribution >= 4 is 94.5 Å². The van der Waals surface area contributed by atoms with Crippen molar-refractivity contribution in [3.63, 3.8) is 0 Å². The van der Waals surface area contributed by atoms with Gasteiger partial charge in [0.2, 0.25) is 0 Å². The van der Waals surface area contributed by atoms with Gasteiger partial charge in [-0.25, -0.2) is 0 Å². The molecule has 0 amide bonds. The SMILES string of the molecule is [2H]C(C)(C)c1ccc2c(c1)B1c3c(cc(-n4c5cccc6c5c5c7c(cccc7ccc54)-c4ccccc4-6)cc3-n3c4ccc(C5CCCC5)cc4c4c5c(cc1c43)-c1ccccc1C5(C)C)N2c1ccccc1. The number of para-hydroxylation sites is 1. The van der Waals surface area contributed by atoms with E-state index in [1.165, 1.54) is 164 Å². The molecule has 10 aromatic carbocycles. The van der Waals surface area contributed by atoms with E-state index in [2.05, 4.69) is 210 Å². The summed E-state index contributed by atoms with van der Waals surface area (Å²) in [5.41, 5.74) is 27.7. The van der Waals surface area contributed by atoms with Crippen LogP contribution in [0.5, 0.6) is 0 Å². The second kappa shape index (κ2) is 14.1. The van der Waals surface area contributed by atoms with E-state index in [9.17, 15) is 1.37 Å². The average molecular weight is 935 g/mol. The Hall–Kier alpha value is -8.08. The summed E-state index contributed by atoms with van der Waals surface area (Å²) >= 11 is 0. The third kappa shape index (κ3) is 5.07. The third-order valence-electron chi connectivity index (χ3n) is 18.4. The molecule has 2 aliphatic heterocycles. The monoisotopic (exact) mass is 934 g/mol. The zero-order valence-corrected chi connectivity index (χ0v) is 41.6. The van der Waals surface area contributed by atoms with E-state index in [1.807, 2.05) is 13.8 Å². The molecular formula is C69H52BN3. The van der Waals surface area contributed by atoms with Gasteiger partial charge in [0.05, 0.1) is 22.2 Å². The zero-order valence-electron chi connectivity index (χ0n) is 42.6. The molecule has 2 aromatic heterocycles. The van der Waals surface area contributed by atoms with Crippen molar-refractivity contribution in [2.24, 2.45) is 0 Å². The fourth-order valence-electron chi connectivity index (χ4n) is 15.3. The van der Waals surface area contributed by atoms with Crippen LogP contribution in [0.25, 0.3) is 99.1 Å². The molecule has 1 saturated carbocycles. The molecule has 0 spiro atoms. The second-order valence-corrected chi connectivity index (χ2v) is 22.6. The lowest BCUT2D eigenvalue weighted by molar-refractivity contribution is 0.666. The summed E-state index contributed by atoms with van der Waals surface area (Å²) in [6, 6.07) is 70.0. The van der Waals surface area contributed by atoms with Gasteiger partial charge in [0, 0.05) is 56.6 Å². The van der Waals surface area contributed by atoms with Crippen LogP contribution in [0.4, 0.5) is 17.1 Å². The number of anilines is 3. The highest BCUT2D eigenvalue weighted by Crippen LogP contribution is 2.56. The molecule has 5 aliphatic rings. The summed E-state index contributed by atoms with van der Waals surface area (Å²) in [7, 11) is 0. The minimum Gasteiger partial charge on any atom is -0.311 e. The first-order chi connectivity index (χ1) is 36.1. The van der Waals surface area contributed by atoms with Crippen molar-refractivity contribution in [2.75, 3.05) is 4.90 Å². The number of benzene rings is 10. The van der Waals surface area contributed by atoms with Crippen molar-refractivity contribution in [2.45, 2.75) is 70.6 Å². The maximum atomic E-state index is 9.49. The van der Waals surface area contributed by atoms with Crippen molar-refractivity contribution in [1.29, 1.82) is 0 Å². The Bertz CT molecular complexity index is 4520. The van der Waals surface area contributed by atoms with Crippen LogP contribution in [0.1, 0.15) is 88.8 Å². The lowest BCUT2D eigenvalue weighted by Crippen LogP contribution is -2.60. The summed E-state index contributed by atoms with van der Waals surface area (Å²) < 4.78 is 14.8. The fourth-order valence-corrected chi connectivity index (χ4v) is 15.3. The highest BCUT2D eigenvalue weighted by molar-refractivity contribution is 7.00. The first-order valence-corrected chi connectivity index (χ1v) is 26.7. The summed E-state index contributed by atoms with van der Waals surface area (Å²) in [5, 5.41) is 7.97. The fraction of sp³-hybridized carbons (Fsp3) is 0.159. The Balaban J connectivity index is 1.07. The lowest BCUT2D eigenvalue weighted by atomic mass is 9.33. The van der Waals surface area contributed by atoms with Crippen molar-refractivity contribution in [1.82, 2.24) is 9.13 Å². The van der Waals surface area contributed by atoms with Crippen LogP contribution < -0.4 is 21.3 Å². The van der Waals surface area contributed by atoms with Gasteiger partial charge in [0.1, 0.15) is 0 Å². The summed E-state index contributed by atoms with van der Waals surface area (Å²) in [5.74, 6) is -0.211. The zero-order chi connectivity index (χ0) is 49.1. The summed E-state index contributed by atoms with van der Waals surface area (Å²) in [4.78, 5) is 2.54. The van der Waals surface area contributed by atoms with E-state index in [0.29, 0.717) is 5.92 Å². The van der Waals surface area contributed by atoms with Gasteiger partial charge in [-0.3, -0.25) is 0 Å². The molecule has 73 heavy (non-hydrogen) atoms. The van der Waals surface area contributed by atoms with Gasteiger partial charge in [0.25, 0.3) is 6.71 Å². The summed E-state index contributed by atoms with van der Waals surface area (Å²) in [6.45, 7) is 8.90. The minimum absolute atomic E-state index is 0.0977. The molecule has 0 saturated heterocycles. The molecule has 4 heteroatoms. The van der Waals surface area contributed by atoms with Gasteiger partial charge in [-0.15, -0.1) is 0 Å². The van der Waals surface area contributed by atoms with Gasteiger partial charge >= 0.3 is 0 Å². The Morgan fingerprint density at radius 3 is 2.03 bits per heavy atom. The van der Waals surface area contributed by atoms with Crippen LogP contribution in [-0.4, -0.2) is 15.8 Å². The molecular weight excluding hydrogens is 882 g/mol. The molecule has 3 aliphatic carbocycles. The maximum absolute atomic E-state index is 9.49. The molecule has 0 unspecified atom stereocenters. The van der Waals surface area contributed by atoms with Crippen molar-refractivity contribution < 1.29 is 1.37 Å². The first kappa shape index (κ1) is 39.5. The Kier molecular flexibility index (Phi) is 7.64. The second-order valence-electron chi connectivity index (χ2n) is 22.6. The van der Waals surface area contributed by atoms with Crippen LogP contribution >= 0.6 is 0 Å². The number of nitrogens with zero attached hydrogens (tertiary/aromatic N) is 3. The largest absolute Gasteiger partial charge is 0.311 e. The van der Waals surface area contributed by atoms with Gasteiger partial charge in [-0.05, 0) is 162 Å². The lowest BCUT2D eigenvalue weighted by Gasteiger charge is -2.41. The molecule has 0 atom stereocenters. The van der Waals surface area contributed by atoms with Gasteiger partial charge < -0.3 is 14.0 Å². The van der Waals surface area contributed by atoms with E-state index >= 15 is 0 Å². The molecule has 17 rings (SSSR count). The Morgan fingerprint density at radius 2 is 1.22 bits per heavy atom. The number of rotatable bonds is 4. The van der Waals surface area contributed by atoms with Gasteiger partial charge in [-0.1, -0.05) is 168 Å². The molecule has 0 N–H and O–H groups in total. The maximum Gasteiger partial charge on any atom is 0.252 e. The quantitative estimate of drug-likeness (QED) is 0.160. The van der Waals surface area contributed by atoms with Crippen LogP contribution in [0.15, 0.2) is 182 Å². The number of hydrogen-bond acceptors (Lipinski definition) is 1. The molecule has 0 bridgehead atoms. The molecule has 346 valence electrons. The topological polar surface area (TPSA) is 13.1 Å². The van der Waals surface area contributed by atoms with Crippen molar-refractivity contribution in [3.05, 3.63) is 204 Å². The highest BCUT2D eigenvalue weighted by atomic mass is 15.2.